The fourth-order valence-electron chi connectivity index (χ4n) is 3.49. The lowest BCUT2D eigenvalue weighted by atomic mass is 10.1. The van der Waals surface area contributed by atoms with Gasteiger partial charge in [0.05, 0.1) is 11.7 Å². The summed E-state index contributed by atoms with van der Waals surface area (Å²) < 4.78 is 13.5. The average molecular weight is 474 g/mol. The molecule has 4 rings (SSSR count). The van der Waals surface area contributed by atoms with Gasteiger partial charge < -0.3 is 5.32 Å². The van der Waals surface area contributed by atoms with E-state index in [9.17, 15) is 14.0 Å². The molecule has 0 spiro atoms. The van der Waals surface area contributed by atoms with Crippen molar-refractivity contribution in [2.24, 2.45) is 4.99 Å². The molecule has 5 nitrogen and oxygen atoms in total. The van der Waals surface area contributed by atoms with Gasteiger partial charge in [0.25, 0.3) is 5.91 Å². The number of carbonyl (C=O) groups excluding carboxylic acids is 2. The zero-order valence-electron chi connectivity index (χ0n) is 18.6. The predicted molar refractivity (Wildman–Crippen MR) is 136 cm³/mol. The molecular formula is C27H24FN3O2S. The lowest BCUT2D eigenvalue weighted by molar-refractivity contribution is -0.121. The van der Waals surface area contributed by atoms with Gasteiger partial charge in [-0.15, -0.1) is 0 Å². The summed E-state index contributed by atoms with van der Waals surface area (Å²) >= 11 is 1.32. The highest BCUT2D eigenvalue weighted by Gasteiger charge is 2.32. The van der Waals surface area contributed by atoms with E-state index >= 15 is 0 Å². The van der Waals surface area contributed by atoms with Crippen molar-refractivity contribution in [3.8, 4) is 0 Å². The summed E-state index contributed by atoms with van der Waals surface area (Å²) in [5, 5.41) is 3.46. The van der Waals surface area contributed by atoms with Crippen LogP contribution in [0.15, 0.2) is 95.6 Å². The number of amides is 2. The molecule has 0 saturated carbocycles. The van der Waals surface area contributed by atoms with E-state index in [2.05, 4.69) is 10.3 Å². The van der Waals surface area contributed by atoms with Gasteiger partial charge in [-0.1, -0.05) is 72.4 Å². The van der Waals surface area contributed by atoms with E-state index in [1.807, 2.05) is 67.6 Å². The van der Waals surface area contributed by atoms with Gasteiger partial charge in [-0.25, -0.2) is 9.38 Å². The van der Waals surface area contributed by atoms with Crippen molar-refractivity contribution in [1.29, 1.82) is 0 Å². The molecule has 172 valence electrons. The van der Waals surface area contributed by atoms with Crippen molar-refractivity contribution in [2.75, 3.05) is 10.7 Å². The molecule has 3 aromatic carbocycles. The fraction of sp³-hybridized carbons (Fsp3) is 0.148. The first-order valence-corrected chi connectivity index (χ1v) is 11.9. The number of nitrogens with one attached hydrogen (secondary N) is 1. The molecule has 0 aliphatic carbocycles. The molecule has 7 heteroatoms. The Balaban J connectivity index is 1.46. The number of aliphatic imine (C=N–C) groups is 1. The Morgan fingerprint density at radius 2 is 1.68 bits per heavy atom. The molecule has 1 unspecified atom stereocenters. The number of carbonyl (C=O) groups is 2. The third-order valence-corrected chi connectivity index (χ3v) is 6.20. The van der Waals surface area contributed by atoms with E-state index < -0.39 is 0 Å². The van der Waals surface area contributed by atoms with E-state index in [1.165, 1.54) is 28.8 Å². The Morgan fingerprint density at radius 1 is 1.03 bits per heavy atom. The molecule has 0 bridgehead atoms. The highest BCUT2D eigenvalue weighted by Crippen LogP contribution is 2.30. The number of halogens is 1. The van der Waals surface area contributed by atoms with Crippen LogP contribution in [0.2, 0.25) is 0 Å². The second kappa shape index (κ2) is 10.9. The van der Waals surface area contributed by atoms with Crippen LogP contribution >= 0.6 is 11.8 Å². The number of thioether (sulfide) groups is 1. The first-order valence-electron chi connectivity index (χ1n) is 10.9. The molecule has 3 aromatic rings. The van der Waals surface area contributed by atoms with Gasteiger partial charge in [0.1, 0.15) is 11.5 Å². The van der Waals surface area contributed by atoms with Gasteiger partial charge >= 0.3 is 0 Å². The van der Waals surface area contributed by atoms with Crippen molar-refractivity contribution in [1.82, 2.24) is 5.32 Å². The number of nitrogens with zero attached hydrogens (tertiary/aromatic N) is 2. The maximum atomic E-state index is 13.5. The molecule has 1 N–H and O–H groups in total. The van der Waals surface area contributed by atoms with E-state index in [0.717, 1.165) is 11.1 Å². The van der Waals surface area contributed by atoms with Gasteiger partial charge in [0.15, 0.2) is 5.17 Å². The molecule has 1 aliphatic heterocycles. The number of anilines is 1. The fourth-order valence-corrected chi connectivity index (χ4v) is 4.44. The zero-order valence-corrected chi connectivity index (χ0v) is 19.5. The Kier molecular flexibility index (Phi) is 7.54. The van der Waals surface area contributed by atoms with Gasteiger partial charge in [0, 0.05) is 12.2 Å². The van der Waals surface area contributed by atoms with Crippen LogP contribution in [0.1, 0.15) is 30.5 Å². The minimum atomic E-state index is -0.384. The minimum absolute atomic E-state index is 0.0813. The summed E-state index contributed by atoms with van der Waals surface area (Å²) in [4.78, 5) is 31.6. The van der Waals surface area contributed by atoms with Crippen molar-refractivity contribution in [3.05, 3.63) is 108 Å². The highest BCUT2D eigenvalue weighted by molar-refractivity contribution is 8.14. The van der Waals surface area contributed by atoms with E-state index in [-0.39, 0.29) is 30.1 Å². The summed E-state index contributed by atoms with van der Waals surface area (Å²) in [6.07, 6.45) is 1.99. The summed E-state index contributed by atoms with van der Waals surface area (Å²) in [5.74, 6) is -0.316. The standard InChI is InChI=1S/C27H24FN3O2S/c1-19(21-10-6-3-7-11-21)29-25(32)16-17-34-27-30-24(18-20-8-4-2-5-9-20)26(33)31(27)23-14-12-22(28)13-15-23/h2-15,18-19H,16-17H2,1H3,(H,29,32)/b24-18+. The molecule has 0 aromatic heterocycles. The maximum Gasteiger partial charge on any atom is 0.283 e. The average Bonchev–Trinajstić information content (AvgIpc) is 3.15. The van der Waals surface area contributed by atoms with E-state index in [0.29, 0.717) is 22.3 Å². The summed E-state index contributed by atoms with van der Waals surface area (Å²) in [6.45, 7) is 1.94. The Labute approximate surface area is 202 Å². The number of hydrogen-bond donors (Lipinski definition) is 1. The molecule has 1 atom stereocenters. The van der Waals surface area contributed by atoms with Gasteiger partial charge in [-0.2, -0.15) is 0 Å². The van der Waals surface area contributed by atoms with Crippen LogP contribution in [0, 0.1) is 5.82 Å². The van der Waals surface area contributed by atoms with Crippen molar-refractivity contribution < 1.29 is 14.0 Å². The number of rotatable bonds is 7. The normalized spacial score (nSPS) is 15.4. The lowest BCUT2D eigenvalue weighted by Gasteiger charge is -2.18. The quantitative estimate of drug-likeness (QED) is 0.457. The van der Waals surface area contributed by atoms with Crippen molar-refractivity contribution >= 4 is 40.5 Å². The first kappa shape index (κ1) is 23.4. The lowest BCUT2D eigenvalue weighted by Crippen LogP contribution is -2.31. The van der Waals surface area contributed by atoms with Crippen molar-refractivity contribution in [2.45, 2.75) is 19.4 Å². The molecule has 2 amide bonds. The third-order valence-electron chi connectivity index (χ3n) is 5.25. The van der Waals surface area contributed by atoms with Gasteiger partial charge in [0.2, 0.25) is 5.91 Å². The smallest absolute Gasteiger partial charge is 0.283 e. The summed E-state index contributed by atoms with van der Waals surface area (Å²) in [6, 6.07) is 24.8. The summed E-state index contributed by atoms with van der Waals surface area (Å²) in [7, 11) is 0. The van der Waals surface area contributed by atoms with Crippen LogP contribution in [0.4, 0.5) is 10.1 Å². The van der Waals surface area contributed by atoms with Crippen LogP contribution in [0.5, 0.6) is 0 Å². The monoisotopic (exact) mass is 473 g/mol. The third kappa shape index (κ3) is 5.80. The van der Waals surface area contributed by atoms with Gasteiger partial charge in [-0.3, -0.25) is 14.5 Å². The van der Waals surface area contributed by atoms with Crippen LogP contribution in [0.3, 0.4) is 0 Å². The van der Waals surface area contributed by atoms with Gasteiger partial charge in [-0.05, 0) is 48.4 Å². The topological polar surface area (TPSA) is 61.8 Å². The minimum Gasteiger partial charge on any atom is -0.350 e. The van der Waals surface area contributed by atoms with Crippen molar-refractivity contribution in [3.63, 3.8) is 0 Å². The van der Waals surface area contributed by atoms with Crippen LogP contribution in [0.25, 0.3) is 6.08 Å². The second-order valence-corrected chi connectivity index (χ2v) is 8.81. The Bertz CT molecular complexity index is 1210. The number of benzene rings is 3. The Morgan fingerprint density at radius 3 is 2.35 bits per heavy atom. The van der Waals surface area contributed by atoms with Crippen LogP contribution in [-0.2, 0) is 9.59 Å². The molecule has 1 aliphatic rings. The SMILES string of the molecule is CC(NC(=O)CCSC1=N/C(=C/c2ccccc2)C(=O)N1c1ccc(F)cc1)c1ccccc1. The molecule has 0 saturated heterocycles. The Hall–Kier alpha value is -3.71. The molecule has 34 heavy (non-hydrogen) atoms. The number of amidine groups is 1. The molecule has 0 radical (unpaired) electrons. The molecule has 0 fully saturated rings. The molecular weight excluding hydrogens is 449 g/mol. The second-order valence-electron chi connectivity index (χ2n) is 7.75. The first-order chi connectivity index (χ1) is 16.5. The zero-order chi connectivity index (χ0) is 23.9. The van der Waals surface area contributed by atoms with E-state index in [1.54, 1.807) is 18.2 Å². The predicted octanol–water partition coefficient (Wildman–Crippen LogP) is 5.57. The maximum absolute atomic E-state index is 13.5. The largest absolute Gasteiger partial charge is 0.350 e. The highest BCUT2D eigenvalue weighted by atomic mass is 32.2. The van der Waals surface area contributed by atoms with Crippen LogP contribution in [-0.4, -0.2) is 22.7 Å². The number of hydrogen-bond acceptors (Lipinski definition) is 4. The summed E-state index contributed by atoms with van der Waals surface area (Å²) in [5.41, 5.74) is 2.71. The van der Waals surface area contributed by atoms with E-state index in [4.69, 9.17) is 0 Å². The molecule has 1 heterocycles. The van der Waals surface area contributed by atoms with Crippen LogP contribution < -0.4 is 10.2 Å².